The van der Waals surface area contributed by atoms with Crippen LogP contribution in [0.25, 0.3) is 0 Å². The van der Waals surface area contributed by atoms with Crippen LogP contribution in [-0.2, 0) is 6.54 Å². The van der Waals surface area contributed by atoms with Crippen LogP contribution >= 0.6 is 0 Å². The molecule has 0 aliphatic carbocycles. The number of ether oxygens (including phenoxy) is 2. The number of aromatic nitrogens is 2. The van der Waals surface area contributed by atoms with Crippen molar-refractivity contribution in [2.75, 3.05) is 12.5 Å². The Morgan fingerprint density at radius 1 is 1.42 bits per heavy atom. The summed E-state index contributed by atoms with van der Waals surface area (Å²) in [5.41, 5.74) is 6.82. The second-order valence-electron chi connectivity index (χ2n) is 4.07. The Bertz CT molecular complexity index is 623. The molecule has 98 valence electrons. The van der Waals surface area contributed by atoms with Crippen LogP contribution in [0.1, 0.15) is 15.9 Å². The Morgan fingerprint density at radius 3 is 3.05 bits per heavy atom. The van der Waals surface area contributed by atoms with E-state index in [2.05, 4.69) is 15.5 Å². The summed E-state index contributed by atoms with van der Waals surface area (Å²) in [6.45, 7) is 0.608. The average Bonchev–Trinajstić information content (AvgIpc) is 3.03. The lowest BCUT2D eigenvalue weighted by Gasteiger charge is -2.05. The van der Waals surface area contributed by atoms with Crippen LogP contribution in [0.4, 0.5) is 5.82 Å². The number of nitrogens with zero attached hydrogens (tertiary/aromatic N) is 1. The van der Waals surface area contributed by atoms with Gasteiger partial charge in [0.25, 0.3) is 5.91 Å². The fraction of sp³-hybridized carbons (Fsp3) is 0.167. The highest BCUT2D eigenvalue weighted by molar-refractivity contribution is 5.98. The van der Waals surface area contributed by atoms with Gasteiger partial charge in [0.15, 0.2) is 11.5 Å². The van der Waals surface area contributed by atoms with Gasteiger partial charge in [-0.3, -0.25) is 9.89 Å². The second-order valence-corrected chi connectivity index (χ2v) is 4.07. The SMILES string of the molecule is Nc1[nH]ncc1C(=O)NCc1ccc2c(c1)OCO2. The highest BCUT2D eigenvalue weighted by atomic mass is 16.7. The number of fused-ring (bicyclic) bond motifs is 1. The molecule has 0 spiro atoms. The largest absolute Gasteiger partial charge is 0.454 e. The molecule has 1 aromatic heterocycles. The monoisotopic (exact) mass is 260 g/mol. The van der Waals surface area contributed by atoms with Gasteiger partial charge in [-0.1, -0.05) is 6.07 Å². The molecule has 1 aromatic carbocycles. The van der Waals surface area contributed by atoms with Crippen molar-refractivity contribution in [3.8, 4) is 11.5 Å². The van der Waals surface area contributed by atoms with Crippen LogP contribution in [0.3, 0.4) is 0 Å². The van der Waals surface area contributed by atoms with Gasteiger partial charge in [0.1, 0.15) is 11.4 Å². The second kappa shape index (κ2) is 4.52. The maximum absolute atomic E-state index is 11.8. The van der Waals surface area contributed by atoms with E-state index in [1.54, 1.807) is 0 Å². The topological polar surface area (TPSA) is 102 Å². The standard InChI is InChI=1S/C12H12N4O3/c13-11-8(5-15-16-11)12(17)14-4-7-1-2-9-10(3-7)19-6-18-9/h1-3,5H,4,6H2,(H,14,17)(H3,13,15,16). The average molecular weight is 260 g/mol. The highest BCUT2D eigenvalue weighted by Gasteiger charge is 2.14. The first-order chi connectivity index (χ1) is 9.24. The molecule has 0 saturated heterocycles. The predicted octanol–water partition coefficient (Wildman–Crippen LogP) is 0.651. The smallest absolute Gasteiger partial charge is 0.256 e. The van der Waals surface area contributed by atoms with E-state index in [0.717, 1.165) is 5.56 Å². The third-order valence-corrected chi connectivity index (χ3v) is 2.80. The van der Waals surface area contributed by atoms with Crippen LogP contribution in [0.2, 0.25) is 0 Å². The van der Waals surface area contributed by atoms with Crippen LogP contribution in [0.5, 0.6) is 11.5 Å². The van der Waals surface area contributed by atoms with Crippen molar-refractivity contribution in [2.45, 2.75) is 6.54 Å². The molecule has 7 heteroatoms. The number of nitrogen functional groups attached to an aromatic ring is 1. The third-order valence-electron chi connectivity index (χ3n) is 2.80. The van der Waals surface area contributed by atoms with Gasteiger partial charge in [-0.25, -0.2) is 0 Å². The lowest BCUT2D eigenvalue weighted by molar-refractivity contribution is 0.0952. The van der Waals surface area contributed by atoms with E-state index in [1.807, 2.05) is 18.2 Å². The number of amides is 1. The Balaban J connectivity index is 1.66. The van der Waals surface area contributed by atoms with Crippen LogP contribution in [-0.4, -0.2) is 22.9 Å². The molecule has 2 heterocycles. The third kappa shape index (κ3) is 2.17. The number of nitrogens with one attached hydrogen (secondary N) is 2. The van der Waals surface area contributed by atoms with Crippen molar-refractivity contribution in [1.29, 1.82) is 0 Å². The normalized spacial score (nSPS) is 12.4. The summed E-state index contributed by atoms with van der Waals surface area (Å²) in [7, 11) is 0. The van der Waals surface area contributed by atoms with Crippen molar-refractivity contribution < 1.29 is 14.3 Å². The lowest BCUT2D eigenvalue weighted by atomic mass is 10.2. The number of nitrogens with two attached hydrogens (primary N) is 1. The molecule has 0 atom stereocenters. The van der Waals surface area contributed by atoms with Gasteiger partial charge in [-0.15, -0.1) is 0 Å². The first kappa shape index (κ1) is 11.4. The Labute approximate surface area is 108 Å². The summed E-state index contributed by atoms with van der Waals surface area (Å²) in [5.74, 6) is 1.39. The van der Waals surface area contributed by atoms with E-state index in [0.29, 0.717) is 23.6 Å². The van der Waals surface area contributed by atoms with E-state index in [1.165, 1.54) is 6.20 Å². The van der Waals surface area contributed by atoms with E-state index < -0.39 is 0 Å². The summed E-state index contributed by atoms with van der Waals surface area (Å²) in [5, 5.41) is 8.97. The molecular formula is C12H12N4O3. The fourth-order valence-electron chi connectivity index (χ4n) is 1.81. The van der Waals surface area contributed by atoms with Gasteiger partial charge in [-0.05, 0) is 17.7 Å². The number of carbonyl (C=O) groups excluding carboxylic acids is 1. The molecular weight excluding hydrogens is 248 g/mol. The van der Waals surface area contributed by atoms with E-state index in [4.69, 9.17) is 15.2 Å². The Kier molecular flexibility index (Phi) is 2.71. The molecule has 1 amide bonds. The van der Waals surface area contributed by atoms with Crippen LogP contribution < -0.4 is 20.5 Å². The van der Waals surface area contributed by atoms with Crippen molar-refractivity contribution in [2.24, 2.45) is 0 Å². The summed E-state index contributed by atoms with van der Waals surface area (Å²) >= 11 is 0. The number of hydrogen-bond acceptors (Lipinski definition) is 5. The van der Waals surface area contributed by atoms with Crippen molar-refractivity contribution >= 4 is 11.7 Å². The molecule has 0 saturated carbocycles. The van der Waals surface area contributed by atoms with E-state index in [9.17, 15) is 4.79 Å². The maximum Gasteiger partial charge on any atom is 0.256 e. The molecule has 1 aliphatic heterocycles. The summed E-state index contributed by atoms with van der Waals surface area (Å²) in [6, 6.07) is 5.52. The van der Waals surface area contributed by atoms with E-state index >= 15 is 0 Å². The number of anilines is 1. The molecule has 0 unspecified atom stereocenters. The molecule has 19 heavy (non-hydrogen) atoms. The molecule has 2 aromatic rings. The minimum Gasteiger partial charge on any atom is -0.454 e. The minimum absolute atomic E-state index is 0.233. The number of benzene rings is 1. The number of H-pyrrole nitrogens is 1. The van der Waals surface area contributed by atoms with Gasteiger partial charge in [0.2, 0.25) is 6.79 Å². The maximum atomic E-state index is 11.8. The number of hydrogen-bond donors (Lipinski definition) is 3. The molecule has 0 fully saturated rings. The van der Waals surface area contributed by atoms with Gasteiger partial charge in [0, 0.05) is 6.54 Å². The van der Waals surface area contributed by atoms with Gasteiger partial charge in [0.05, 0.1) is 6.20 Å². The van der Waals surface area contributed by atoms with Crippen molar-refractivity contribution in [3.05, 3.63) is 35.5 Å². The van der Waals surface area contributed by atoms with E-state index in [-0.39, 0.29) is 18.5 Å². The Hall–Kier alpha value is -2.70. The van der Waals surface area contributed by atoms with Gasteiger partial charge >= 0.3 is 0 Å². The lowest BCUT2D eigenvalue weighted by Crippen LogP contribution is -2.23. The highest BCUT2D eigenvalue weighted by Crippen LogP contribution is 2.32. The Morgan fingerprint density at radius 2 is 2.26 bits per heavy atom. The van der Waals surface area contributed by atoms with Crippen molar-refractivity contribution in [1.82, 2.24) is 15.5 Å². The molecule has 0 bridgehead atoms. The fourth-order valence-corrected chi connectivity index (χ4v) is 1.81. The van der Waals surface area contributed by atoms with Crippen LogP contribution in [0.15, 0.2) is 24.4 Å². The predicted molar refractivity (Wildman–Crippen MR) is 66.7 cm³/mol. The van der Waals surface area contributed by atoms with Gasteiger partial charge in [-0.2, -0.15) is 5.10 Å². The van der Waals surface area contributed by atoms with Gasteiger partial charge < -0.3 is 20.5 Å². The van der Waals surface area contributed by atoms with Crippen LogP contribution in [0, 0.1) is 0 Å². The molecule has 1 aliphatic rings. The summed E-state index contributed by atoms with van der Waals surface area (Å²) in [6.07, 6.45) is 1.39. The minimum atomic E-state index is -0.274. The zero-order valence-corrected chi connectivity index (χ0v) is 9.97. The zero-order valence-electron chi connectivity index (χ0n) is 9.97. The summed E-state index contributed by atoms with van der Waals surface area (Å²) < 4.78 is 10.5. The number of rotatable bonds is 3. The number of aromatic amines is 1. The first-order valence-corrected chi connectivity index (χ1v) is 5.69. The quantitative estimate of drug-likeness (QED) is 0.752. The molecule has 0 radical (unpaired) electrons. The molecule has 4 N–H and O–H groups in total. The zero-order chi connectivity index (χ0) is 13.2. The molecule has 7 nitrogen and oxygen atoms in total. The first-order valence-electron chi connectivity index (χ1n) is 5.69. The number of carbonyl (C=O) groups is 1. The molecule has 3 rings (SSSR count). The van der Waals surface area contributed by atoms with Crippen molar-refractivity contribution in [3.63, 3.8) is 0 Å². The summed E-state index contributed by atoms with van der Waals surface area (Å²) in [4.78, 5) is 11.8.